The number of fused-ring (bicyclic) bond motifs is 6. The van der Waals surface area contributed by atoms with Crippen LogP contribution in [0.15, 0.2) is 179 Å². The molecule has 0 bridgehead atoms. The van der Waals surface area contributed by atoms with Crippen molar-refractivity contribution in [1.29, 1.82) is 0 Å². The van der Waals surface area contributed by atoms with Gasteiger partial charge in [-0.25, -0.2) is 48.7 Å². The van der Waals surface area contributed by atoms with Crippen LogP contribution in [-0.4, -0.2) is 96.2 Å². The number of hydrogen-bond acceptors (Lipinski definition) is 18. The number of carboxylic acid groups (broad SMARTS) is 1. The molecule has 0 spiro atoms. The van der Waals surface area contributed by atoms with Crippen LogP contribution in [0.1, 0.15) is 81.9 Å². The zero-order valence-corrected chi connectivity index (χ0v) is 53.7. The molecule has 26 heteroatoms. The number of aromatic nitrogens is 15. The molecule has 0 saturated carbocycles. The number of nitrogens with two attached hydrogens (primary N) is 4. The maximum Gasteiger partial charge on any atom is 0.357 e. The summed E-state index contributed by atoms with van der Waals surface area (Å²) >= 11 is 0. The first kappa shape index (κ1) is 63.4. The zero-order chi connectivity index (χ0) is 69.0. The first-order valence-electron chi connectivity index (χ1n) is 30.7. The number of nitrogens with zero attached hydrogens (tertiary/aromatic N) is 15. The molecule has 0 radical (unpaired) electrons. The van der Waals surface area contributed by atoms with Gasteiger partial charge in [0, 0.05) is 17.1 Å². The lowest BCUT2D eigenvalue weighted by Gasteiger charge is -2.17. The monoisotopic (exact) mass is 1300 g/mol. The Hall–Kier alpha value is -13.4. The highest BCUT2D eigenvalue weighted by atomic mass is 16.4. The van der Waals surface area contributed by atoms with E-state index < -0.39 is 11.9 Å². The number of amides is 1. The fraction of sp³-hybridized carbons (Fsp3) is 0.125. The van der Waals surface area contributed by atoms with Gasteiger partial charge in [0.2, 0.25) is 0 Å². The number of hydrogen-bond donors (Lipinski definition) is 5. The smallest absolute Gasteiger partial charge is 0.357 e. The van der Waals surface area contributed by atoms with Crippen LogP contribution in [-0.2, 0) is 19.6 Å². The molecule has 0 atom stereocenters. The van der Waals surface area contributed by atoms with E-state index in [1.165, 1.54) is 28.3 Å². The summed E-state index contributed by atoms with van der Waals surface area (Å²) in [5.74, 6) is -1.62. The van der Waals surface area contributed by atoms with Gasteiger partial charge in [-0.1, -0.05) is 109 Å². The topological polar surface area (TPSA) is 372 Å². The minimum atomic E-state index is -1.23. The predicted molar refractivity (Wildman–Crippen MR) is 374 cm³/mol. The molecular weight excluding hydrogens is 1240 g/mol. The lowest BCUT2D eigenvalue weighted by Crippen LogP contribution is -2.25. The van der Waals surface area contributed by atoms with Crippen molar-refractivity contribution in [1.82, 2.24) is 72.9 Å². The second-order valence-corrected chi connectivity index (χ2v) is 23.5. The largest absolute Gasteiger partial charge is 0.476 e. The van der Waals surface area contributed by atoms with E-state index in [-0.39, 0.29) is 81.9 Å². The molecule has 9 N–H and O–H groups in total. The number of benzene rings is 6. The van der Waals surface area contributed by atoms with Crippen molar-refractivity contribution < 1.29 is 19.5 Å². The van der Waals surface area contributed by atoms with Crippen molar-refractivity contribution in [2.45, 2.75) is 61.2 Å². The fourth-order valence-corrected chi connectivity index (χ4v) is 12.7. The van der Waals surface area contributed by atoms with Crippen molar-refractivity contribution in [3.63, 3.8) is 0 Å². The summed E-state index contributed by atoms with van der Waals surface area (Å²) in [7, 11) is 0. The molecule has 0 unspecified atom stereocenters. The molecule has 98 heavy (non-hydrogen) atoms. The van der Waals surface area contributed by atoms with Gasteiger partial charge >= 0.3 is 5.97 Å². The number of pyridine rings is 3. The van der Waals surface area contributed by atoms with Gasteiger partial charge in [0.05, 0.1) is 69.0 Å². The highest BCUT2D eigenvalue weighted by Gasteiger charge is 2.26. The summed E-state index contributed by atoms with van der Waals surface area (Å²) in [5, 5.41) is 27.9. The minimum Gasteiger partial charge on any atom is -0.476 e. The number of rotatable bonds is 12. The van der Waals surface area contributed by atoms with Crippen molar-refractivity contribution in [2.24, 2.45) is 5.73 Å². The highest BCUT2D eigenvalue weighted by molar-refractivity contribution is 6.07. The molecule has 0 aliphatic rings. The summed E-state index contributed by atoms with van der Waals surface area (Å²) in [6.07, 6.45) is 4.54. The number of aromatic carboxylic acids is 1. The number of primary amides is 1. The summed E-state index contributed by atoms with van der Waals surface area (Å²) in [4.78, 5) is 101. The highest BCUT2D eigenvalue weighted by Crippen LogP contribution is 2.30. The van der Waals surface area contributed by atoms with Gasteiger partial charge in [0.1, 0.15) is 42.1 Å². The number of nitrogen functional groups attached to an aromatic ring is 3. The van der Waals surface area contributed by atoms with E-state index in [4.69, 9.17) is 22.9 Å². The number of aryl methyl sites for hydroxylation is 6. The van der Waals surface area contributed by atoms with Crippen LogP contribution in [0.2, 0.25) is 0 Å². The lowest BCUT2D eigenvalue weighted by atomic mass is 10.1. The maximum absolute atomic E-state index is 13.8. The second kappa shape index (κ2) is 25.5. The van der Waals surface area contributed by atoms with Crippen molar-refractivity contribution in [3.05, 3.63) is 263 Å². The Bertz CT molecular complexity index is 5760. The van der Waals surface area contributed by atoms with Crippen LogP contribution in [0.5, 0.6) is 0 Å². The predicted octanol–water partition coefficient (Wildman–Crippen LogP) is 8.74. The molecular formula is C72H61N19O7. The van der Waals surface area contributed by atoms with E-state index in [1.54, 1.807) is 18.4 Å². The number of carbonyl (C=O) groups is 3. The van der Waals surface area contributed by atoms with Gasteiger partial charge in [0.25, 0.3) is 22.6 Å². The van der Waals surface area contributed by atoms with Crippen LogP contribution in [0.4, 0.5) is 17.5 Å². The SMILES string of the molecule is Cc1ccccc1-n1c(Cn2nc(C(=O)O)c3c(N)ncnc32)cc2cccc(C)c2c1=O.Cc1ccccc1-n1c(Cn2nc(C(N)=O)c3c(N)ncnc32)cc2cccc(C)c2c1=O.Cc1ccccc1-n1c(Cn2nc(C=O)c3c(N)ncnc32)cc2cccc(C)c2c1=O. The molecule has 1 amide bonds. The Morgan fingerprint density at radius 3 is 1.07 bits per heavy atom. The molecule has 486 valence electrons. The van der Waals surface area contributed by atoms with Gasteiger partial charge in [-0.3, -0.25) is 37.7 Å². The van der Waals surface area contributed by atoms with Crippen LogP contribution < -0.4 is 39.6 Å². The molecule has 26 nitrogen and oxygen atoms in total. The summed E-state index contributed by atoms with van der Waals surface area (Å²) in [5.41, 5.74) is 33.9. The van der Waals surface area contributed by atoms with Gasteiger partial charge in [-0.15, -0.1) is 0 Å². The Labute approximate surface area is 555 Å². The van der Waals surface area contributed by atoms with Crippen LogP contribution >= 0.6 is 0 Å². The maximum atomic E-state index is 13.8. The Balaban J connectivity index is 0.000000132. The molecule has 0 aliphatic carbocycles. The lowest BCUT2D eigenvalue weighted by molar-refractivity contribution is 0.0691. The number of carbonyl (C=O) groups excluding carboxylic acids is 2. The fourth-order valence-electron chi connectivity index (χ4n) is 12.7. The molecule has 0 fully saturated rings. The molecule has 15 rings (SSSR count). The first-order valence-corrected chi connectivity index (χ1v) is 30.7. The van der Waals surface area contributed by atoms with Gasteiger partial charge in [-0.2, -0.15) is 15.3 Å². The summed E-state index contributed by atoms with van der Waals surface area (Å²) in [6, 6.07) is 46.1. The molecule has 15 aromatic rings. The van der Waals surface area contributed by atoms with E-state index in [0.29, 0.717) is 61.6 Å². The average molecular weight is 1300 g/mol. The number of anilines is 3. The van der Waals surface area contributed by atoms with E-state index in [1.807, 2.05) is 187 Å². The third-order valence-corrected chi connectivity index (χ3v) is 17.2. The summed E-state index contributed by atoms with van der Waals surface area (Å²) < 4.78 is 9.61. The number of para-hydroxylation sites is 3. The third kappa shape index (κ3) is 11.2. The van der Waals surface area contributed by atoms with Gasteiger partial charge < -0.3 is 28.0 Å². The van der Waals surface area contributed by atoms with E-state index in [2.05, 4.69) is 45.2 Å². The van der Waals surface area contributed by atoms with E-state index in [9.17, 15) is 33.9 Å². The molecule has 6 aromatic carbocycles. The van der Waals surface area contributed by atoms with E-state index in [0.717, 1.165) is 66.6 Å². The molecule has 0 aliphatic heterocycles. The average Bonchev–Trinajstić information content (AvgIpc) is 1.33. The van der Waals surface area contributed by atoms with Crippen LogP contribution in [0.25, 0.3) is 82.5 Å². The molecule has 9 aromatic heterocycles. The Morgan fingerprint density at radius 2 is 0.724 bits per heavy atom. The van der Waals surface area contributed by atoms with Crippen molar-refractivity contribution >= 4 is 101 Å². The van der Waals surface area contributed by atoms with Gasteiger partial charge in [-0.05, 0) is 127 Å². The Morgan fingerprint density at radius 1 is 0.408 bits per heavy atom. The number of aldehydes is 1. The standard InChI is InChI=1S/C24H21N7O2.C24H20N6O3.C24H20N6O2/c1-13-6-3-4-9-17(13)31-16(10-15-8-5-7-14(2)18(15)24(31)33)11-30-23-19(20(29-30)22(26)32)21(25)27-12-28-23;1-13-6-3-4-9-17(13)30-16(10-15-8-5-7-14(2)18(15)23(30)31)11-29-22-19(20(28-29)24(32)33)21(25)26-12-27-22;1-14-6-3-4-9-19(14)30-17(10-16-8-5-7-15(2)20(16)24(30)32)11-29-23-21(18(12-31)28-29)22(25)26-13-27-23/h3-10,12H,11H2,1-2H3,(H2,26,32)(H2,25,27,28);3-10,12H,11H2,1-2H3,(H,32,33)(H2,25,26,27);3-10,12-13H,11H2,1-2H3,(H2,25,26,27). The normalized spacial score (nSPS) is 11.3. The minimum absolute atomic E-state index is 0.00970. The molecule has 9 heterocycles. The van der Waals surface area contributed by atoms with Crippen molar-refractivity contribution in [2.75, 3.05) is 17.2 Å². The zero-order valence-electron chi connectivity index (χ0n) is 53.7. The Kier molecular flexibility index (Phi) is 16.5. The third-order valence-electron chi connectivity index (χ3n) is 17.2. The summed E-state index contributed by atoms with van der Waals surface area (Å²) in [6.45, 7) is 12.1. The van der Waals surface area contributed by atoms with Crippen molar-refractivity contribution in [3.8, 4) is 17.1 Å². The van der Waals surface area contributed by atoms with Gasteiger partial charge in [0.15, 0.2) is 34.6 Å². The van der Waals surface area contributed by atoms with E-state index >= 15 is 0 Å². The van der Waals surface area contributed by atoms with Crippen LogP contribution in [0, 0.1) is 41.5 Å². The second-order valence-electron chi connectivity index (χ2n) is 23.5. The number of carboxylic acids is 1. The first-order chi connectivity index (χ1) is 47.2. The van der Waals surface area contributed by atoms with Crippen LogP contribution in [0.3, 0.4) is 0 Å². The molecule has 0 saturated heterocycles. The quantitative estimate of drug-likeness (QED) is 0.0713.